The molecule has 0 heterocycles. The summed E-state index contributed by atoms with van der Waals surface area (Å²) in [5.74, 6) is -0.282. The van der Waals surface area contributed by atoms with Gasteiger partial charge in [0.2, 0.25) is 11.8 Å². The van der Waals surface area contributed by atoms with E-state index in [-0.39, 0.29) is 17.7 Å². The molecule has 2 aromatic carbocycles. The van der Waals surface area contributed by atoms with E-state index >= 15 is 0 Å². The van der Waals surface area contributed by atoms with E-state index in [0.717, 1.165) is 24.1 Å². The lowest BCUT2D eigenvalue weighted by molar-refractivity contribution is -0.117. The second kappa shape index (κ2) is 8.13. The third-order valence-electron chi connectivity index (χ3n) is 3.57. The van der Waals surface area contributed by atoms with Crippen molar-refractivity contribution >= 4 is 23.2 Å². The van der Waals surface area contributed by atoms with Crippen LogP contribution >= 0.6 is 0 Å². The zero-order valence-electron chi connectivity index (χ0n) is 13.5. The predicted molar refractivity (Wildman–Crippen MR) is 93.5 cm³/mol. The molecule has 0 saturated heterocycles. The van der Waals surface area contributed by atoms with E-state index < -0.39 is 0 Å². The first-order valence-electron chi connectivity index (χ1n) is 7.83. The van der Waals surface area contributed by atoms with Crippen LogP contribution in [0.2, 0.25) is 0 Å². The number of hydrogen-bond acceptors (Lipinski definition) is 2. The molecule has 2 N–H and O–H groups in total. The minimum atomic E-state index is -0.156. The van der Waals surface area contributed by atoms with Crippen LogP contribution in [0.3, 0.4) is 0 Å². The summed E-state index contributed by atoms with van der Waals surface area (Å²) in [6.07, 6.45) is 1.74. The normalized spacial score (nSPS) is 11.6. The number of carbonyl (C=O) groups is 2. The highest BCUT2D eigenvalue weighted by molar-refractivity contribution is 5.96. The summed E-state index contributed by atoms with van der Waals surface area (Å²) in [4.78, 5) is 23.6. The van der Waals surface area contributed by atoms with E-state index in [0.29, 0.717) is 5.69 Å². The van der Waals surface area contributed by atoms with E-state index in [4.69, 9.17) is 0 Å². The lowest BCUT2D eigenvalue weighted by Gasteiger charge is -2.16. The third-order valence-corrected chi connectivity index (χ3v) is 3.57. The maximum absolute atomic E-state index is 12.6. The highest BCUT2D eigenvalue weighted by Crippen LogP contribution is 2.23. The molecule has 0 aromatic heterocycles. The Morgan fingerprint density at radius 1 is 0.913 bits per heavy atom. The fourth-order valence-electron chi connectivity index (χ4n) is 2.49. The summed E-state index contributed by atoms with van der Waals surface area (Å²) in [6, 6.07) is 16.9. The Kier molecular flexibility index (Phi) is 5.92. The highest BCUT2D eigenvalue weighted by Gasteiger charge is 2.19. The number of hydrogen-bond donors (Lipinski definition) is 2. The lowest BCUT2D eigenvalue weighted by Crippen LogP contribution is -2.21. The molecule has 0 saturated carbocycles. The van der Waals surface area contributed by atoms with Gasteiger partial charge >= 0.3 is 0 Å². The molecule has 0 aliphatic heterocycles. The fourth-order valence-corrected chi connectivity index (χ4v) is 2.49. The molecule has 4 nitrogen and oxygen atoms in total. The van der Waals surface area contributed by atoms with Gasteiger partial charge in [-0.25, -0.2) is 0 Å². The minimum absolute atomic E-state index is 0.00896. The molecule has 1 atom stereocenters. The molecule has 120 valence electrons. The Bertz CT molecular complexity index is 651. The molecule has 2 rings (SSSR count). The van der Waals surface area contributed by atoms with Crippen LogP contribution in [0.4, 0.5) is 11.4 Å². The van der Waals surface area contributed by atoms with Crippen LogP contribution in [0.25, 0.3) is 0 Å². The van der Waals surface area contributed by atoms with Crippen LogP contribution in [-0.4, -0.2) is 11.8 Å². The Morgan fingerprint density at radius 2 is 1.48 bits per heavy atom. The summed E-state index contributed by atoms with van der Waals surface area (Å²) in [5.41, 5.74) is 2.46. The van der Waals surface area contributed by atoms with E-state index in [1.54, 1.807) is 24.3 Å². The van der Waals surface area contributed by atoms with Crippen molar-refractivity contribution in [2.24, 2.45) is 0 Å². The van der Waals surface area contributed by atoms with Crippen LogP contribution in [0.5, 0.6) is 0 Å². The quantitative estimate of drug-likeness (QED) is 0.841. The molecule has 0 aliphatic rings. The average molecular weight is 310 g/mol. The molecule has 2 amide bonds. The minimum Gasteiger partial charge on any atom is -0.326 e. The van der Waals surface area contributed by atoms with Crippen molar-refractivity contribution in [3.8, 4) is 0 Å². The Hall–Kier alpha value is -2.62. The standard InChI is InChI=1S/C19H22N2O2/c1-3-7-18(15-8-5-4-6-9-15)19(23)21-17-12-10-16(11-13-17)20-14(2)22/h4-6,8-13,18H,3,7H2,1-2H3,(H,20,22)(H,21,23). The lowest BCUT2D eigenvalue weighted by atomic mass is 9.93. The molecule has 0 aliphatic carbocycles. The zero-order chi connectivity index (χ0) is 16.7. The molecule has 1 unspecified atom stereocenters. The van der Waals surface area contributed by atoms with Gasteiger partial charge in [0, 0.05) is 18.3 Å². The van der Waals surface area contributed by atoms with Gasteiger partial charge in [-0.05, 0) is 36.2 Å². The number of nitrogens with one attached hydrogen (secondary N) is 2. The van der Waals surface area contributed by atoms with Gasteiger partial charge in [-0.2, -0.15) is 0 Å². The van der Waals surface area contributed by atoms with E-state index in [2.05, 4.69) is 17.6 Å². The number of amides is 2. The van der Waals surface area contributed by atoms with Gasteiger partial charge in [0.1, 0.15) is 0 Å². The molecule has 0 spiro atoms. The van der Waals surface area contributed by atoms with Crippen molar-refractivity contribution in [1.29, 1.82) is 0 Å². The molecule has 4 heteroatoms. The maximum Gasteiger partial charge on any atom is 0.231 e. The van der Waals surface area contributed by atoms with Gasteiger partial charge in [-0.1, -0.05) is 43.7 Å². The number of rotatable bonds is 6. The molecule has 0 bridgehead atoms. The van der Waals surface area contributed by atoms with Gasteiger partial charge in [-0.15, -0.1) is 0 Å². The largest absolute Gasteiger partial charge is 0.326 e. The molecular weight excluding hydrogens is 288 g/mol. The van der Waals surface area contributed by atoms with Gasteiger partial charge in [0.05, 0.1) is 5.92 Å². The molecular formula is C19H22N2O2. The first-order chi connectivity index (χ1) is 11.1. The van der Waals surface area contributed by atoms with Crippen molar-refractivity contribution in [2.45, 2.75) is 32.6 Å². The van der Waals surface area contributed by atoms with Crippen molar-refractivity contribution in [1.82, 2.24) is 0 Å². The molecule has 23 heavy (non-hydrogen) atoms. The van der Waals surface area contributed by atoms with Crippen LogP contribution in [-0.2, 0) is 9.59 Å². The summed E-state index contributed by atoms with van der Waals surface area (Å²) in [7, 11) is 0. The monoisotopic (exact) mass is 310 g/mol. The average Bonchev–Trinajstić information content (AvgIpc) is 2.54. The maximum atomic E-state index is 12.6. The van der Waals surface area contributed by atoms with E-state index in [1.807, 2.05) is 30.3 Å². The summed E-state index contributed by atoms with van der Waals surface area (Å²) in [6.45, 7) is 3.54. The fraction of sp³-hybridized carbons (Fsp3) is 0.263. The van der Waals surface area contributed by atoms with Crippen LogP contribution < -0.4 is 10.6 Å². The van der Waals surface area contributed by atoms with Gasteiger partial charge in [-0.3, -0.25) is 9.59 Å². The number of benzene rings is 2. The summed E-state index contributed by atoms with van der Waals surface area (Å²) in [5, 5.41) is 5.66. The van der Waals surface area contributed by atoms with Crippen molar-refractivity contribution in [3.63, 3.8) is 0 Å². The van der Waals surface area contributed by atoms with Gasteiger partial charge < -0.3 is 10.6 Å². The Balaban J connectivity index is 2.08. The third kappa shape index (κ3) is 4.95. The van der Waals surface area contributed by atoms with Crippen molar-refractivity contribution in [2.75, 3.05) is 10.6 Å². The predicted octanol–water partition coefficient (Wildman–Crippen LogP) is 4.17. The second-order valence-corrected chi connectivity index (χ2v) is 5.50. The second-order valence-electron chi connectivity index (χ2n) is 5.50. The number of carbonyl (C=O) groups excluding carboxylic acids is 2. The first-order valence-corrected chi connectivity index (χ1v) is 7.83. The van der Waals surface area contributed by atoms with E-state index in [9.17, 15) is 9.59 Å². The zero-order valence-corrected chi connectivity index (χ0v) is 13.5. The topological polar surface area (TPSA) is 58.2 Å². The Morgan fingerprint density at radius 3 is 2.00 bits per heavy atom. The summed E-state index contributed by atoms with van der Waals surface area (Å²) >= 11 is 0. The van der Waals surface area contributed by atoms with Gasteiger partial charge in [0.15, 0.2) is 0 Å². The van der Waals surface area contributed by atoms with Crippen LogP contribution in [0.1, 0.15) is 38.2 Å². The van der Waals surface area contributed by atoms with Crippen molar-refractivity contribution < 1.29 is 9.59 Å². The smallest absolute Gasteiger partial charge is 0.231 e. The Labute approximate surface area is 136 Å². The highest BCUT2D eigenvalue weighted by atomic mass is 16.2. The SMILES string of the molecule is CCCC(C(=O)Nc1ccc(NC(C)=O)cc1)c1ccccc1. The molecule has 0 radical (unpaired) electrons. The summed E-state index contributed by atoms with van der Waals surface area (Å²) < 4.78 is 0. The first kappa shape index (κ1) is 16.7. The molecule has 0 fully saturated rings. The van der Waals surface area contributed by atoms with Crippen LogP contribution in [0, 0.1) is 0 Å². The number of anilines is 2. The van der Waals surface area contributed by atoms with E-state index in [1.165, 1.54) is 6.92 Å². The molecule has 2 aromatic rings. The van der Waals surface area contributed by atoms with Gasteiger partial charge in [0.25, 0.3) is 0 Å². The van der Waals surface area contributed by atoms with Crippen LogP contribution in [0.15, 0.2) is 54.6 Å². The van der Waals surface area contributed by atoms with Crippen molar-refractivity contribution in [3.05, 3.63) is 60.2 Å².